The van der Waals surface area contributed by atoms with Gasteiger partial charge in [0.2, 0.25) is 0 Å². The minimum atomic E-state index is -4.27. The van der Waals surface area contributed by atoms with E-state index in [1.807, 2.05) is 0 Å². The Kier molecular flexibility index (Phi) is 8.14. The molecule has 0 aliphatic rings. The third-order valence-electron chi connectivity index (χ3n) is 4.49. The molecule has 3 aromatic rings. The summed E-state index contributed by atoms with van der Waals surface area (Å²) in [4.78, 5) is 24.1. The van der Waals surface area contributed by atoms with Gasteiger partial charge < -0.3 is 14.2 Å². The van der Waals surface area contributed by atoms with Gasteiger partial charge in [-0.25, -0.2) is 4.79 Å². The van der Waals surface area contributed by atoms with E-state index in [-0.39, 0.29) is 37.4 Å². The summed E-state index contributed by atoms with van der Waals surface area (Å²) in [5.41, 5.74) is 0.185. The first-order valence-electron chi connectivity index (χ1n) is 9.74. The molecule has 0 fully saturated rings. The second-order valence-corrected chi connectivity index (χ2v) is 9.24. The quantitative estimate of drug-likeness (QED) is 0.195. The van der Waals surface area contributed by atoms with Gasteiger partial charge in [-0.3, -0.25) is 4.79 Å². The van der Waals surface area contributed by atoms with Crippen LogP contribution in [-0.4, -0.2) is 27.4 Å². The van der Waals surface area contributed by atoms with Crippen molar-refractivity contribution < 1.29 is 26.9 Å². The molecule has 0 unspecified atom stereocenters. The molecule has 0 aliphatic carbocycles. The van der Waals surface area contributed by atoms with E-state index in [4.69, 9.17) is 27.4 Å². The molecular formula is C24H16Cl2N2O6S. The van der Waals surface area contributed by atoms with Crippen molar-refractivity contribution >= 4 is 57.0 Å². The molecule has 1 N–H and O–H groups in total. The second kappa shape index (κ2) is 11.1. The normalized spacial score (nSPS) is 11.3. The highest BCUT2D eigenvalue weighted by Gasteiger charge is 2.22. The first kappa shape index (κ1) is 25.8. The van der Waals surface area contributed by atoms with Crippen molar-refractivity contribution in [3.8, 4) is 11.8 Å². The number of carbonyl (C=O) groups is 2. The first-order valence-corrected chi connectivity index (χ1v) is 11.9. The summed E-state index contributed by atoms with van der Waals surface area (Å²) in [7, 11) is -3.03. The summed E-state index contributed by atoms with van der Waals surface area (Å²) in [5.74, 6) is -1.65. The monoisotopic (exact) mass is 530 g/mol. The lowest BCUT2D eigenvalue weighted by atomic mass is 10.1. The molecule has 0 aliphatic heterocycles. The average molecular weight is 531 g/mol. The number of halogens is 2. The molecule has 0 aromatic heterocycles. The van der Waals surface area contributed by atoms with Gasteiger partial charge in [0, 0.05) is 16.3 Å². The van der Waals surface area contributed by atoms with Crippen molar-refractivity contribution in [3.05, 3.63) is 93.5 Å². The van der Waals surface area contributed by atoms with Crippen LogP contribution in [0, 0.1) is 11.3 Å². The summed E-state index contributed by atoms with van der Waals surface area (Å²) in [6.45, 7) is 0. The number of amides is 1. The topological polar surface area (TPSA) is 123 Å². The number of ether oxygens (including phenoxy) is 1. The van der Waals surface area contributed by atoms with Crippen LogP contribution in [0.5, 0.6) is 5.75 Å². The lowest BCUT2D eigenvalue weighted by molar-refractivity contribution is -0.112. The fraction of sp³-hybridized carbons (Fsp3) is 0.0417. The fourth-order valence-electron chi connectivity index (χ4n) is 2.83. The van der Waals surface area contributed by atoms with Crippen LogP contribution in [0.15, 0.2) is 77.2 Å². The third-order valence-corrected chi connectivity index (χ3v) is 6.23. The van der Waals surface area contributed by atoms with E-state index >= 15 is 0 Å². The molecule has 3 aromatic carbocycles. The SMILES string of the molecule is COC(=O)c1ccc(NC(=O)/C(C#N)=C/c2cc(Cl)cc(Cl)c2OS(=O)(=O)c2ccccc2)cc1. The van der Waals surface area contributed by atoms with Crippen molar-refractivity contribution in [2.24, 2.45) is 0 Å². The van der Waals surface area contributed by atoms with Crippen LogP contribution in [0.2, 0.25) is 10.0 Å². The predicted molar refractivity (Wildman–Crippen MR) is 131 cm³/mol. The molecule has 178 valence electrons. The van der Waals surface area contributed by atoms with E-state index in [0.29, 0.717) is 5.69 Å². The number of hydrogen-bond donors (Lipinski definition) is 1. The van der Waals surface area contributed by atoms with Gasteiger partial charge in [0.1, 0.15) is 16.5 Å². The van der Waals surface area contributed by atoms with Crippen LogP contribution < -0.4 is 9.50 Å². The highest BCUT2D eigenvalue weighted by atomic mass is 35.5. The van der Waals surface area contributed by atoms with E-state index < -0.39 is 22.0 Å². The molecule has 3 rings (SSSR count). The lowest BCUT2D eigenvalue weighted by Gasteiger charge is -2.12. The van der Waals surface area contributed by atoms with E-state index in [9.17, 15) is 23.3 Å². The Morgan fingerprint density at radius 1 is 1.03 bits per heavy atom. The molecule has 0 saturated heterocycles. The van der Waals surface area contributed by atoms with Gasteiger partial charge in [0.05, 0.1) is 17.7 Å². The number of rotatable bonds is 7. The zero-order valence-corrected chi connectivity index (χ0v) is 20.3. The molecule has 1 amide bonds. The maximum absolute atomic E-state index is 12.7. The molecule has 0 atom stereocenters. The van der Waals surface area contributed by atoms with Gasteiger partial charge in [-0.15, -0.1) is 0 Å². The largest absolute Gasteiger partial charge is 0.465 e. The van der Waals surface area contributed by atoms with Crippen molar-refractivity contribution in [2.45, 2.75) is 4.90 Å². The van der Waals surface area contributed by atoms with Gasteiger partial charge in [-0.05, 0) is 54.6 Å². The zero-order valence-electron chi connectivity index (χ0n) is 18.0. The Morgan fingerprint density at radius 2 is 1.69 bits per heavy atom. The highest BCUT2D eigenvalue weighted by Crippen LogP contribution is 2.36. The highest BCUT2D eigenvalue weighted by molar-refractivity contribution is 7.87. The van der Waals surface area contributed by atoms with Gasteiger partial charge in [-0.2, -0.15) is 13.7 Å². The number of anilines is 1. The van der Waals surface area contributed by atoms with Crippen LogP contribution in [0.4, 0.5) is 5.69 Å². The Balaban J connectivity index is 1.93. The number of esters is 1. The maximum atomic E-state index is 12.7. The van der Waals surface area contributed by atoms with Crippen LogP contribution >= 0.6 is 23.2 Å². The molecule has 35 heavy (non-hydrogen) atoms. The Labute approximate surface area is 211 Å². The van der Waals surface area contributed by atoms with Crippen LogP contribution in [0.1, 0.15) is 15.9 Å². The summed E-state index contributed by atoms with van der Waals surface area (Å²) in [6.07, 6.45) is 1.10. The summed E-state index contributed by atoms with van der Waals surface area (Å²) in [5, 5.41) is 12.1. The summed E-state index contributed by atoms with van der Waals surface area (Å²) < 4.78 is 35.3. The van der Waals surface area contributed by atoms with Crippen LogP contribution in [0.25, 0.3) is 6.08 Å². The smallest absolute Gasteiger partial charge is 0.339 e. The molecule has 0 spiro atoms. The number of nitrogens with zero attached hydrogens (tertiary/aromatic N) is 1. The molecule has 0 radical (unpaired) electrons. The lowest BCUT2D eigenvalue weighted by Crippen LogP contribution is -2.14. The second-order valence-electron chi connectivity index (χ2n) is 6.85. The van der Waals surface area contributed by atoms with Gasteiger partial charge in [0.25, 0.3) is 5.91 Å². The van der Waals surface area contributed by atoms with E-state index in [1.54, 1.807) is 12.1 Å². The predicted octanol–water partition coefficient (Wildman–Crippen LogP) is 5.09. The molecule has 0 bridgehead atoms. The Hall–Kier alpha value is -3.84. The van der Waals surface area contributed by atoms with Crippen LogP contribution in [-0.2, 0) is 19.6 Å². The Morgan fingerprint density at radius 3 is 2.29 bits per heavy atom. The minimum Gasteiger partial charge on any atom is -0.465 e. The van der Waals surface area contributed by atoms with E-state index in [2.05, 4.69) is 10.1 Å². The molecule has 8 nitrogen and oxygen atoms in total. The van der Waals surface area contributed by atoms with Gasteiger partial charge in [-0.1, -0.05) is 41.4 Å². The number of benzene rings is 3. The summed E-state index contributed by atoms with van der Waals surface area (Å²) >= 11 is 12.3. The zero-order chi connectivity index (χ0) is 25.6. The van der Waals surface area contributed by atoms with Crippen molar-refractivity contribution in [2.75, 3.05) is 12.4 Å². The number of nitriles is 1. The van der Waals surface area contributed by atoms with E-state index in [0.717, 1.165) is 6.08 Å². The van der Waals surface area contributed by atoms with Crippen molar-refractivity contribution in [1.82, 2.24) is 0 Å². The first-order chi connectivity index (χ1) is 16.6. The standard InChI is InChI=1S/C24H16Cl2N2O6S/c1-33-24(30)15-7-9-19(10-8-15)28-23(29)17(14-27)11-16-12-18(25)13-21(26)22(16)34-35(31,32)20-5-3-2-4-6-20/h2-13H,1H3,(H,28,29)/b17-11+. The average Bonchev–Trinajstić information content (AvgIpc) is 2.84. The Bertz CT molecular complexity index is 1450. The molecular weight excluding hydrogens is 515 g/mol. The maximum Gasteiger partial charge on any atom is 0.339 e. The summed E-state index contributed by atoms with van der Waals surface area (Å²) in [6, 6.07) is 17.5. The molecule has 0 saturated carbocycles. The third kappa shape index (κ3) is 6.39. The minimum absolute atomic E-state index is 0.00487. The number of hydrogen-bond acceptors (Lipinski definition) is 7. The van der Waals surface area contributed by atoms with Gasteiger partial charge >= 0.3 is 16.1 Å². The fourth-order valence-corrected chi connectivity index (χ4v) is 4.42. The molecule has 11 heteroatoms. The van der Waals surface area contributed by atoms with Crippen LogP contribution in [0.3, 0.4) is 0 Å². The number of methoxy groups -OCH3 is 1. The van der Waals surface area contributed by atoms with Crippen molar-refractivity contribution in [3.63, 3.8) is 0 Å². The van der Waals surface area contributed by atoms with E-state index in [1.165, 1.54) is 67.8 Å². The number of carbonyl (C=O) groups excluding carboxylic acids is 2. The molecule has 0 heterocycles. The number of nitrogens with one attached hydrogen (secondary N) is 1. The van der Waals surface area contributed by atoms with Crippen molar-refractivity contribution in [1.29, 1.82) is 5.26 Å². The van der Waals surface area contributed by atoms with Gasteiger partial charge in [0.15, 0.2) is 5.75 Å².